The summed E-state index contributed by atoms with van der Waals surface area (Å²) in [5, 5.41) is 22.4. The lowest BCUT2D eigenvalue weighted by molar-refractivity contribution is 0.0970. The molecule has 5 rings (SSSR count). The fourth-order valence-corrected chi connectivity index (χ4v) is 4.55. The van der Waals surface area contributed by atoms with Crippen molar-refractivity contribution in [3.8, 4) is 23.1 Å². The van der Waals surface area contributed by atoms with Crippen LogP contribution in [-0.4, -0.2) is 31.9 Å². The molecule has 36 heavy (non-hydrogen) atoms. The number of nitriles is 1. The average Bonchev–Trinajstić information content (AvgIpc) is 2.89. The fraction of sp³-hybridized carbons (Fsp3) is 0.107. The molecule has 0 spiro atoms. The molecule has 2 aromatic heterocycles. The molecule has 0 amide bonds. The Balaban J connectivity index is 1.65. The van der Waals surface area contributed by atoms with Gasteiger partial charge in [-0.05, 0) is 35.3 Å². The molecule has 4 aromatic rings. The van der Waals surface area contributed by atoms with Crippen molar-refractivity contribution in [1.29, 1.82) is 5.26 Å². The van der Waals surface area contributed by atoms with Crippen LogP contribution >= 0.6 is 0 Å². The van der Waals surface area contributed by atoms with E-state index in [0.29, 0.717) is 11.4 Å². The number of nitrogens with one attached hydrogen (secondary N) is 1. The maximum absolute atomic E-state index is 14.2. The molecular weight excluding hydrogens is 452 g/mol. The Morgan fingerprint density at radius 2 is 1.86 bits per heavy atom. The van der Waals surface area contributed by atoms with E-state index >= 15 is 0 Å². The average molecular weight is 475 g/mol. The van der Waals surface area contributed by atoms with E-state index in [9.17, 15) is 15.2 Å². The van der Waals surface area contributed by atoms with Crippen molar-refractivity contribution in [2.45, 2.75) is 18.9 Å². The molecule has 0 fully saturated rings. The predicted molar refractivity (Wildman–Crippen MR) is 137 cm³/mol. The maximum Gasteiger partial charge on any atom is 0.222 e. The van der Waals surface area contributed by atoms with Crippen molar-refractivity contribution in [3.05, 3.63) is 101 Å². The molecule has 8 nitrogen and oxygen atoms in total. The zero-order valence-corrected chi connectivity index (χ0v) is 19.4. The number of carbonyl (C=O) groups excluding carboxylic acids is 1. The topological polar surface area (TPSA) is 138 Å². The summed E-state index contributed by atoms with van der Waals surface area (Å²) in [4.78, 5) is 26.3. The molecule has 0 saturated carbocycles. The van der Waals surface area contributed by atoms with E-state index in [1.165, 1.54) is 12.3 Å². The Morgan fingerprint density at radius 3 is 2.58 bits per heavy atom. The first-order chi connectivity index (χ1) is 17.5. The highest BCUT2D eigenvalue weighted by Crippen LogP contribution is 2.41. The highest BCUT2D eigenvalue weighted by molar-refractivity contribution is 6.13. The molecule has 8 heteroatoms. The summed E-state index contributed by atoms with van der Waals surface area (Å²) in [6.45, 7) is 1.92. The summed E-state index contributed by atoms with van der Waals surface area (Å²) in [6, 6.07) is 20.2. The summed E-state index contributed by atoms with van der Waals surface area (Å²) in [5.74, 6) is -0.325. The smallest absolute Gasteiger partial charge is 0.222 e. The number of aromatic nitrogens is 3. The van der Waals surface area contributed by atoms with Gasteiger partial charge in [0.2, 0.25) is 11.8 Å². The van der Waals surface area contributed by atoms with Gasteiger partial charge in [-0.15, -0.1) is 0 Å². The summed E-state index contributed by atoms with van der Waals surface area (Å²) in [5.41, 5.74) is 10.6. The van der Waals surface area contributed by atoms with Gasteiger partial charge in [-0.1, -0.05) is 54.6 Å². The second kappa shape index (κ2) is 9.31. The van der Waals surface area contributed by atoms with Crippen LogP contribution in [0.3, 0.4) is 0 Å². The van der Waals surface area contributed by atoms with E-state index in [-0.39, 0.29) is 29.2 Å². The molecule has 2 aromatic carbocycles. The molecule has 4 N–H and O–H groups in total. The van der Waals surface area contributed by atoms with Gasteiger partial charge in [-0.25, -0.2) is 9.97 Å². The van der Waals surface area contributed by atoms with E-state index in [2.05, 4.69) is 26.3 Å². The number of benzene rings is 2. The number of hydrogen-bond donors (Lipinski definition) is 3. The number of fused-ring (bicyclic) bond motifs is 1. The highest BCUT2D eigenvalue weighted by Gasteiger charge is 2.35. The first kappa shape index (κ1) is 22.7. The first-order valence-electron chi connectivity index (χ1n) is 11.3. The van der Waals surface area contributed by atoms with Gasteiger partial charge in [0, 0.05) is 29.4 Å². The summed E-state index contributed by atoms with van der Waals surface area (Å²) in [6.07, 6.45) is 4.95. The van der Waals surface area contributed by atoms with Crippen LogP contribution in [-0.2, 0) is 0 Å². The number of pyridine rings is 1. The van der Waals surface area contributed by atoms with Crippen molar-refractivity contribution >= 4 is 23.6 Å². The zero-order valence-electron chi connectivity index (χ0n) is 19.4. The first-order valence-corrected chi connectivity index (χ1v) is 11.3. The van der Waals surface area contributed by atoms with E-state index in [0.717, 1.165) is 27.8 Å². The minimum atomic E-state index is -0.558. The molecule has 1 aliphatic carbocycles. The van der Waals surface area contributed by atoms with Gasteiger partial charge in [-0.2, -0.15) is 10.2 Å². The van der Waals surface area contributed by atoms with Crippen LogP contribution in [0.25, 0.3) is 17.2 Å². The summed E-state index contributed by atoms with van der Waals surface area (Å²) in [7, 11) is 0. The molecular formula is C28H22N6O2. The Bertz CT molecular complexity index is 1520. The number of nitrogens with zero attached hydrogens (tertiary/aromatic N) is 4. The number of rotatable bonds is 5. The lowest BCUT2D eigenvalue weighted by Gasteiger charge is -2.31. The zero-order chi connectivity index (χ0) is 25.2. The minimum absolute atomic E-state index is 0.0475. The van der Waals surface area contributed by atoms with E-state index in [1.54, 1.807) is 12.3 Å². The quantitative estimate of drug-likeness (QED) is 0.383. The van der Waals surface area contributed by atoms with Crippen molar-refractivity contribution in [3.63, 3.8) is 0 Å². The molecule has 0 bridgehead atoms. The van der Waals surface area contributed by atoms with Gasteiger partial charge in [0.1, 0.15) is 17.5 Å². The molecule has 176 valence electrons. The van der Waals surface area contributed by atoms with Gasteiger partial charge in [-0.3, -0.25) is 4.79 Å². The lowest BCUT2D eigenvalue weighted by Crippen LogP contribution is -2.30. The van der Waals surface area contributed by atoms with Crippen LogP contribution in [0.1, 0.15) is 39.9 Å². The summed E-state index contributed by atoms with van der Waals surface area (Å²) < 4.78 is 0. The number of anilines is 2. The monoisotopic (exact) mass is 474 g/mol. The predicted octanol–water partition coefficient (Wildman–Crippen LogP) is 4.56. The summed E-state index contributed by atoms with van der Waals surface area (Å²) >= 11 is 0. The van der Waals surface area contributed by atoms with Gasteiger partial charge >= 0.3 is 0 Å². The minimum Gasteiger partial charge on any atom is -0.493 e. The second-order valence-electron chi connectivity index (χ2n) is 8.50. The standard InChI is InChI=1S/C28H22N6O2/c1-16(33-27-20(13-29)15-32-28(30)34-27)22-12-18-8-5-9-21(19-10-11-23(35)31-14-19)25(18)26(36)24(22)17-6-3-2-4-7-17/h2-12,14-16,24H,1H3,(H,31,35)(H3,30,32,33,34)/t16-,24?/m0/s1. The Morgan fingerprint density at radius 1 is 1.06 bits per heavy atom. The molecule has 0 aliphatic heterocycles. The normalized spacial score (nSPS) is 15.4. The third-order valence-electron chi connectivity index (χ3n) is 6.23. The lowest BCUT2D eigenvalue weighted by atomic mass is 9.74. The van der Waals surface area contributed by atoms with E-state index < -0.39 is 5.92 Å². The number of hydrogen-bond acceptors (Lipinski definition) is 8. The van der Waals surface area contributed by atoms with Crippen LogP contribution in [0, 0.1) is 11.3 Å². The van der Waals surface area contributed by atoms with Crippen LogP contribution in [0.4, 0.5) is 11.8 Å². The Labute approximate surface area is 207 Å². The number of nitrogens with two attached hydrogens (primary N) is 1. The molecule has 2 atom stereocenters. The fourth-order valence-electron chi connectivity index (χ4n) is 4.55. The Kier molecular flexibility index (Phi) is 5.88. The van der Waals surface area contributed by atoms with Crippen molar-refractivity contribution < 1.29 is 9.90 Å². The molecule has 0 saturated heterocycles. The number of ketones is 1. The third-order valence-corrected chi connectivity index (χ3v) is 6.23. The number of nitrogen functional groups attached to an aromatic ring is 1. The van der Waals surface area contributed by atoms with Gasteiger partial charge in [0.25, 0.3) is 0 Å². The van der Waals surface area contributed by atoms with Gasteiger partial charge in [0.15, 0.2) is 5.78 Å². The second-order valence-corrected chi connectivity index (χ2v) is 8.50. The van der Waals surface area contributed by atoms with Gasteiger partial charge < -0.3 is 16.2 Å². The molecule has 1 unspecified atom stereocenters. The van der Waals surface area contributed by atoms with Crippen LogP contribution in [0.5, 0.6) is 5.88 Å². The SMILES string of the molecule is C[C@H](Nc1nc(N)ncc1C#N)C1=Cc2cccc(-c3ccc(O)nc3)c2C(=O)C1c1ccccc1. The molecule has 2 heterocycles. The third kappa shape index (κ3) is 4.14. The van der Waals surface area contributed by atoms with Crippen LogP contribution in [0.15, 0.2) is 78.6 Å². The Hall–Kier alpha value is -5.03. The van der Waals surface area contributed by atoms with Gasteiger partial charge in [0.05, 0.1) is 12.1 Å². The van der Waals surface area contributed by atoms with Crippen molar-refractivity contribution in [2.75, 3.05) is 11.1 Å². The molecule has 0 radical (unpaired) electrons. The maximum atomic E-state index is 14.2. The van der Waals surface area contributed by atoms with Crippen LogP contribution in [0.2, 0.25) is 0 Å². The number of carbonyl (C=O) groups is 1. The highest BCUT2D eigenvalue weighted by atomic mass is 16.3. The van der Waals surface area contributed by atoms with E-state index in [4.69, 9.17) is 5.73 Å². The largest absolute Gasteiger partial charge is 0.493 e. The van der Waals surface area contributed by atoms with Crippen molar-refractivity contribution in [1.82, 2.24) is 15.0 Å². The van der Waals surface area contributed by atoms with E-state index in [1.807, 2.05) is 61.5 Å². The number of Topliss-reactive ketones (excluding diaryl/α,β-unsaturated/α-hetero) is 1. The molecule has 1 aliphatic rings. The van der Waals surface area contributed by atoms with Crippen LogP contribution < -0.4 is 11.1 Å². The number of aromatic hydroxyl groups is 1. The van der Waals surface area contributed by atoms with Crippen molar-refractivity contribution in [2.24, 2.45) is 0 Å².